The number of benzene rings is 3. The van der Waals surface area contributed by atoms with Crippen LogP contribution in [0.3, 0.4) is 0 Å². The van der Waals surface area contributed by atoms with Crippen LogP contribution in [0, 0.1) is 0 Å². The minimum Gasteiger partial charge on any atom is -0.488 e. The average molecular weight is 820 g/mol. The van der Waals surface area contributed by atoms with Crippen LogP contribution in [0.2, 0.25) is 25.7 Å². The average Bonchev–Trinajstić information content (AvgIpc) is 3.85. The van der Waals surface area contributed by atoms with E-state index in [-0.39, 0.29) is 54.2 Å². The fourth-order valence-corrected chi connectivity index (χ4v) is 7.70. The molecule has 14 heteroatoms. The topological polar surface area (TPSA) is 161 Å². The number of hydrogen-bond donors (Lipinski definition) is 1. The van der Waals surface area contributed by atoms with E-state index in [1.165, 1.54) is 6.08 Å². The first kappa shape index (κ1) is 41.3. The van der Waals surface area contributed by atoms with Gasteiger partial charge in [-0.15, -0.1) is 0 Å². The Labute approximate surface area is 344 Å². The smallest absolute Gasteiger partial charge is 0.408 e. The maximum absolute atomic E-state index is 15.1. The number of ether oxygens (including phenoxy) is 5. The number of carbonyl (C=O) groups excluding carboxylic acids is 3. The number of alkyl carbamates (subject to hydrolysis) is 1. The molecule has 2 aromatic heterocycles. The highest BCUT2D eigenvalue weighted by molar-refractivity contribution is 6.76. The van der Waals surface area contributed by atoms with Crippen LogP contribution in [0.15, 0.2) is 106 Å². The molecule has 3 atom stereocenters. The third kappa shape index (κ3) is 9.25. The van der Waals surface area contributed by atoms with Gasteiger partial charge in [0.15, 0.2) is 28.7 Å². The first-order chi connectivity index (χ1) is 28.1. The molecule has 308 valence electrons. The second kappa shape index (κ2) is 16.8. The Bertz CT molecular complexity index is 2340. The molecule has 59 heavy (non-hydrogen) atoms. The number of nitrogens with zero attached hydrogens (tertiary/aromatic N) is 2. The number of fused-ring (bicyclic) bond motifs is 7. The normalized spacial score (nSPS) is 19.7. The van der Waals surface area contributed by atoms with Crippen molar-refractivity contribution in [2.45, 2.75) is 89.8 Å². The lowest BCUT2D eigenvalue weighted by molar-refractivity contribution is -0.160. The van der Waals surface area contributed by atoms with Gasteiger partial charge in [0.1, 0.15) is 43.0 Å². The van der Waals surface area contributed by atoms with Crippen molar-refractivity contribution in [2.75, 3.05) is 13.4 Å². The molecule has 2 aliphatic rings. The first-order valence-electron chi connectivity index (χ1n) is 19.6. The summed E-state index contributed by atoms with van der Waals surface area (Å²) >= 11 is 0. The third-order valence-electron chi connectivity index (χ3n) is 10.0. The number of carbonyl (C=O) groups is 3. The summed E-state index contributed by atoms with van der Waals surface area (Å²) in [5.74, 6) is -1.84. The van der Waals surface area contributed by atoms with E-state index in [1.54, 1.807) is 52.0 Å². The van der Waals surface area contributed by atoms with Gasteiger partial charge in [-0.1, -0.05) is 97.6 Å². The van der Waals surface area contributed by atoms with Gasteiger partial charge in [-0.05, 0) is 67.7 Å². The molecule has 0 spiro atoms. The summed E-state index contributed by atoms with van der Waals surface area (Å²) < 4.78 is 42.5. The second-order valence-electron chi connectivity index (χ2n) is 17.0. The van der Waals surface area contributed by atoms with E-state index in [9.17, 15) is 9.59 Å². The van der Waals surface area contributed by atoms with Crippen LogP contribution in [-0.2, 0) is 37.8 Å². The first-order valence-corrected chi connectivity index (χ1v) is 23.3. The van der Waals surface area contributed by atoms with E-state index in [0.717, 1.165) is 17.2 Å². The molecule has 2 aliphatic carbocycles. The Kier molecular flexibility index (Phi) is 11.8. The van der Waals surface area contributed by atoms with Gasteiger partial charge in [0.2, 0.25) is 0 Å². The van der Waals surface area contributed by atoms with Gasteiger partial charge in [-0.3, -0.25) is 9.59 Å². The Morgan fingerprint density at radius 3 is 2.20 bits per heavy atom. The lowest BCUT2D eigenvalue weighted by Crippen LogP contribution is -2.41. The van der Waals surface area contributed by atoms with Gasteiger partial charge in [0.25, 0.3) is 5.88 Å². The Morgan fingerprint density at radius 2 is 1.54 bits per heavy atom. The minimum absolute atomic E-state index is 0.0136. The molecule has 2 bridgehead atoms. The highest BCUT2D eigenvalue weighted by atomic mass is 28.3. The van der Waals surface area contributed by atoms with Gasteiger partial charge in [-0.2, -0.15) is 0 Å². The Hall–Kier alpha value is -5.83. The highest BCUT2D eigenvalue weighted by Gasteiger charge is 2.49. The fourth-order valence-electron chi connectivity index (χ4n) is 6.94. The summed E-state index contributed by atoms with van der Waals surface area (Å²) in [5.41, 5.74) is 0.255. The molecule has 0 saturated heterocycles. The zero-order valence-electron chi connectivity index (χ0n) is 34.3. The standard InChI is InChI=1S/C45H49N3O10Si/c1-44(2,3)56-43(51)46-39-30-23-35(49)45(4,55-27-52-21-22-59(5,6)7)31-19-14-20-33(53-25-28-15-10-8-11-16-28)37(31)34-24-32(47-57-34)36(30)40(50)38-41(39)58-48-42(38)54-26-29-17-12-9-13-18-29/h8-20,23-24,36,39H,21-22,25-27H2,1-7H3,(H,46,51)/b30-23+/t36-,39-,45+/m0/s1. The van der Waals surface area contributed by atoms with Crippen molar-refractivity contribution in [3.8, 4) is 23.0 Å². The number of nitrogens with one attached hydrogen (secondary N) is 1. The molecule has 3 aromatic carbocycles. The molecule has 1 N–H and O–H groups in total. The van der Waals surface area contributed by atoms with E-state index in [1.807, 2.05) is 60.7 Å². The molecular weight excluding hydrogens is 771 g/mol. The van der Waals surface area contributed by atoms with E-state index < -0.39 is 48.9 Å². The Morgan fingerprint density at radius 1 is 0.864 bits per heavy atom. The predicted octanol–water partition coefficient (Wildman–Crippen LogP) is 9.09. The number of Topliss-reactive ketones (excluding diaryl/α,β-unsaturated/α-hetero) is 1. The van der Waals surface area contributed by atoms with Crippen molar-refractivity contribution in [2.24, 2.45) is 0 Å². The van der Waals surface area contributed by atoms with Crippen molar-refractivity contribution in [1.82, 2.24) is 15.6 Å². The summed E-state index contributed by atoms with van der Waals surface area (Å²) in [4.78, 5) is 43.6. The van der Waals surface area contributed by atoms with Gasteiger partial charge >= 0.3 is 6.09 Å². The zero-order valence-corrected chi connectivity index (χ0v) is 35.3. The van der Waals surface area contributed by atoms with Crippen molar-refractivity contribution in [3.05, 3.63) is 130 Å². The zero-order chi connectivity index (χ0) is 42.0. The monoisotopic (exact) mass is 819 g/mol. The van der Waals surface area contributed by atoms with Crippen LogP contribution < -0.4 is 14.8 Å². The molecule has 0 aliphatic heterocycles. The molecule has 0 saturated carbocycles. The summed E-state index contributed by atoms with van der Waals surface area (Å²) in [5, 5.41) is 11.4. The summed E-state index contributed by atoms with van der Waals surface area (Å²) in [6.07, 6.45) is 0.486. The van der Waals surface area contributed by atoms with Gasteiger partial charge in [-0.25, -0.2) is 4.79 Å². The van der Waals surface area contributed by atoms with E-state index in [2.05, 4.69) is 35.3 Å². The number of hydrogen-bond acceptors (Lipinski definition) is 12. The molecule has 0 radical (unpaired) electrons. The van der Waals surface area contributed by atoms with E-state index in [0.29, 0.717) is 23.5 Å². The molecule has 13 nitrogen and oxygen atoms in total. The number of ketones is 2. The van der Waals surface area contributed by atoms with Crippen LogP contribution in [-0.4, -0.2) is 55.0 Å². The lowest BCUT2D eigenvalue weighted by atomic mass is 9.74. The molecule has 0 unspecified atom stereocenters. The maximum Gasteiger partial charge on any atom is 0.408 e. The number of aromatic nitrogens is 2. The summed E-state index contributed by atoms with van der Waals surface area (Å²) in [6.45, 7) is 14.1. The van der Waals surface area contributed by atoms with E-state index in [4.69, 9.17) is 32.7 Å². The van der Waals surface area contributed by atoms with Crippen molar-refractivity contribution in [1.29, 1.82) is 0 Å². The van der Waals surface area contributed by atoms with Crippen molar-refractivity contribution < 1.29 is 47.1 Å². The van der Waals surface area contributed by atoms with E-state index >= 15 is 4.79 Å². The highest BCUT2D eigenvalue weighted by Crippen LogP contribution is 2.50. The largest absolute Gasteiger partial charge is 0.488 e. The quantitative estimate of drug-likeness (QED) is 0.0683. The molecule has 2 heterocycles. The minimum atomic E-state index is -1.74. The number of rotatable bonds is 13. The molecule has 0 fully saturated rings. The van der Waals surface area contributed by atoms with Crippen LogP contribution in [0.25, 0.3) is 11.3 Å². The number of amides is 1. The van der Waals surface area contributed by atoms with Crippen LogP contribution in [0.4, 0.5) is 4.79 Å². The SMILES string of the molecule is CC(C)(C)OC(=O)N[C@H]1/C2=C/C(=O)[C@](C)(OCOCC[Si](C)(C)C)c3cccc(OCc4ccccc4)c3-c3cc(no3)[C@H]2C(=O)c2c(OCc3ccccc3)noc21. The van der Waals surface area contributed by atoms with Crippen molar-refractivity contribution in [3.63, 3.8) is 0 Å². The molecule has 7 rings (SSSR count). The summed E-state index contributed by atoms with van der Waals surface area (Å²) in [7, 11) is -1.44. The lowest BCUT2D eigenvalue weighted by Gasteiger charge is -2.33. The van der Waals surface area contributed by atoms with Crippen LogP contribution in [0.1, 0.15) is 78.2 Å². The predicted molar refractivity (Wildman–Crippen MR) is 220 cm³/mol. The molecule has 5 aromatic rings. The fraction of sp³-hybridized carbons (Fsp3) is 0.356. The maximum atomic E-state index is 15.1. The van der Waals surface area contributed by atoms with Crippen LogP contribution >= 0.6 is 0 Å². The van der Waals surface area contributed by atoms with Gasteiger partial charge < -0.3 is 38.0 Å². The second-order valence-corrected chi connectivity index (χ2v) is 22.6. The van der Waals surface area contributed by atoms with Crippen molar-refractivity contribution >= 4 is 25.7 Å². The van der Waals surface area contributed by atoms with Gasteiger partial charge in [0, 0.05) is 26.3 Å². The third-order valence-corrected chi connectivity index (χ3v) is 11.8. The molecule has 1 amide bonds. The van der Waals surface area contributed by atoms with Gasteiger partial charge in [0.05, 0.1) is 17.2 Å². The summed E-state index contributed by atoms with van der Waals surface area (Å²) in [6, 6.07) is 25.6. The van der Waals surface area contributed by atoms with Crippen LogP contribution in [0.5, 0.6) is 11.6 Å². The molecular formula is C45H49N3O10Si. The Balaban J connectivity index is 1.37.